The van der Waals surface area contributed by atoms with Gasteiger partial charge in [0.05, 0.1) is 4.92 Å². The fraction of sp³-hybridized carbons (Fsp3) is 0.462. The van der Waals surface area contributed by atoms with E-state index < -0.39 is 4.92 Å². The third-order valence-corrected chi connectivity index (χ3v) is 4.41. The molecule has 19 heavy (non-hydrogen) atoms. The summed E-state index contributed by atoms with van der Waals surface area (Å²) in [7, 11) is 0. The van der Waals surface area contributed by atoms with Gasteiger partial charge >= 0.3 is 0 Å². The highest BCUT2D eigenvalue weighted by atomic mass is 79.9. The number of nitro benzene ring substituents is 1. The molecule has 6 heteroatoms. The van der Waals surface area contributed by atoms with Gasteiger partial charge in [0.25, 0.3) is 11.6 Å². The number of hydrogen-bond acceptors (Lipinski definition) is 3. The SMILES string of the molecule is Cc1c(C(=O)NCC(Br)C2CC2)cccc1[N+](=O)[O-]. The molecule has 0 heterocycles. The van der Waals surface area contributed by atoms with E-state index in [9.17, 15) is 14.9 Å². The summed E-state index contributed by atoms with van der Waals surface area (Å²) in [6.45, 7) is 2.14. The Bertz CT molecular complexity index is 515. The second kappa shape index (κ2) is 5.69. The summed E-state index contributed by atoms with van der Waals surface area (Å²) in [5, 5.41) is 13.6. The maximum atomic E-state index is 12.0. The summed E-state index contributed by atoms with van der Waals surface area (Å²) in [6, 6.07) is 4.55. The number of carbonyl (C=O) groups excluding carboxylic acids is 1. The highest BCUT2D eigenvalue weighted by Crippen LogP contribution is 2.36. The lowest BCUT2D eigenvalue weighted by molar-refractivity contribution is -0.385. The number of nitrogens with one attached hydrogen (secondary N) is 1. The predicted octanol–water partition coefficient (Wildman–Crippen LogP) is 2.81. The number of hydrogen-bond donors (Lipinski definition) is 1. The van der Waals surface area contributed by atoms with Crippen molar-refractivity contribution in [2.24, 2.45) is 5.92 Å². The monoisotopic (exact) mass is 326 g/mol. The molecule has 0 spiro atoms. The molecule has 1 unspecified atom stereocenters. The van der Waals surface area contributed by atoms with Gasteiger partial charge in [0.15, 0.2) is 0 Å². The van der Waals surface area contributed by atoms with Crippen LogP contribution in [0, 0.1) is 23.0 Å². The van der Waals surface area contributed by atoms with Gasteiger partial charge < -0.3 is 5.32 Å². The zero-order valence-corrected chi connectivity index (χ0v) is 12.1. The molecule has 1 fully saturated rings. The third kappa shape index (κ3) is 3.32. The zero-order valence-electron chi connectivity index (χ0n) is 10.6. The summed E-state index contributed by atoms with van der Waals surface area (Å²) in [6.07, 6.45) is 2.39. The van der Waals surface area contributed by atoms with Crippen LogP contribution in [0.1, 0.15) is 28.8 Å². The molecule has 0 saturated heterocycles. The Kier molecular flexibility index (Phi) is 4.19. The van der Waals surface area contributed by atoms with E-state index in [0.29, 0.717) is 23.6 Å². The normalized spacial score (nSPS) is 15.9. The topological polar surface area (TPSA) is 72.2 Å². The van der Waals surface area contributed by atoms with Crippen molar-refractivity contribution < 1.29 is 9.72 Å². The molecule has 1 N–H and O–H groups in total. The molecule has 1 aliphatic carbocycles. The first-order valence-corrected chi connectivity index (χ1v) is 7.08. The van der Waals surface area contributed by atoms with Crippen LogP contribution in [0.5, 0.6) is 0 Å². The molecule has 1 saturated carbocycles. The van der Waals surface area contributed by atoms with E-state index >= 15 is 0 Å². The van der Waals surface area contributed by atoms with Gasteiger partial charge in [-0.05, 0) is 31.7 Å². The van der Waals surface area contributed by atoms with Crippen molar-refractivity contribution >= 4 is 27.5 Å². The van der Waals surface area contributed by atoms with Gasteiger partial charge in [0.1, 0.15) is 0 Å². The molecule has 0 radical (unpaired) electrons. The van der Waals surface area contributed by atoms with Crippen molar-refractivity contribution in [2.75, 3.05) is 6.54 Å². The number of halogens is 1. The first-order valence-electron chi connectivity index (χ1n) is 6.17. The molecule has 0 aliphatic heterocycles. The van der Waals surface area contributed by atoms with Crippen molar-refractivity contribution in [3.63, 3.8) is 0 Å². The zero-order chi connectivity index (χ0) is 14.0. The van der Waals surface area contributed by atoms with Crippen molar-refractivity contribution in [2.45, 2.75) is 24.6 Å². The predicted molar refractivity (Wildman–Crippen MR) is 75.6 cm³/mol. The summed E-state index contributed by atoms with van der Waals surface area (Å²) in [4.78, 5) is 22.7. The van der Waals surface area contributed by atoms with Crippen LogP contribution in [-0.2, 0) is 0 Å². The van der Waals surface area contributed by atoms with E-state index in [-0.39, 0.29) is 16.4 Å². The number of carbonyl (C=O) groups is 1. The van der Waals surface area contributed by atoms with E-state index in [2.05, 4.69) is 21.2 Å². The quantitative estimate of drug-likeness (QED) is 0.513. The fourth-order valence-electron chi connectivity index (χ4n) is 1.98. The Morgan fingerprint density at radius 3 is 2.84 bits per heavy atom. The second-order valence-electron chi connectivity index (χ2n) is 4.77. The van der Waals surface area contributed by atoms with E-state index in [1.165, 1.54) is 25.0 Å². The van der Waals surface area contributed by atoms with Crippen LogP contribution < -0.4 is 5.32 Å². The van der Waals surface area contributed by atoms with E-state index in [1.54, 1.807) is 13.0 Å². The summed E-state index contributed by atoms with van der Waals surface area (Å²) < 4.78 is 0. The highest BCUT2D eigenvalue weighted by Gasteiger charge is 2.29. The number of nitro groups is 1. The molecule has 0 bridgehead atoms. The van der Waals surface area contributed by atoms with E-state index in [0.717, 1.165) is 0 Å². The van der Waals surface area contributed by atoms with Gasteiger partial charge in [-0.25, -0.2) is 0 Å². The Balaban J connectivity index is 2.06. The Morgan fingerprint density at radius 2 is 2.26 bits per heavy atom. The minimum atomic E-state index is -0.469. The lowest BCUT2D eigenvalue weighted by Crippen LogP contribution is -2.30. The molecule has 0 aromatic heterocycles. The van der Waals surface area contributed by atoms with E-state index in [4.69, 9.17) is 0 Å². The first-order chi connectivity index (χ1) is 9.00. The third-order valence-electron chi connectivity index (χ3n) is 3.34. The molecule has 1 aromatic rings. The number of alkyl halides is 1. The molecular formula is C13H15BrN2O3. The highest BCUT2D eigenvalue weighted by molar-refractivity contribution is 9.09. The van der Waals surface area contributed by atoms with Crippen molar-refractivity contribution in [3.8, 4) is 0 Å². The maximum absolute atomic E-state index is 12.0. The first kappa shape index (κ1) is 14.0. The summed E-state index contributed by atoms with van der Waals surface area (Å²) in [5.74, 6) is 0.387. The molecule has 1 atom stereocenters. The maximum Gasteiger partial charge on any atom is 0.273 e. The van der Waals surface area contributed by atoms with Gasteiger partial charge in [0, 0.05) is 28.6 Å². The lowest BCUT2D eigenvalue weighted by Gasteiger charge is -2.11. The average Bonchev–Trinajstić information content (AvgIpc) is 3.19. The Labute approximate surface area is 119 Å². The Hall–Kier alpha value is -1.43. The largest absolute Gasteiger partial charge is 0.351 e. The molecule has 5 nitrogen and oxygen atoms in total. The number of nitrogens with zero attached hydrogens (tertiary/aromatic N) is 1. The van der Waals surface area contributed by atoms with Gasteiger partial charge in [0.2, 0.25) is 0 Å². The number of amides is 1. The van der Waals surface area contributed by atoms with Crippen molar-refractivity contribution in [3.05, 3.63) is 39.4 Å². The van der Waals surface area contributed by atoms with Crippen LogP contribution in [0.25, 0.3) is 0 Å². The number of benzene rings is 1. The van der Waals surface area contributed by atoms with Gasteiger partial charge in [-0.2, -0.15) is 0 Å². The summed E-state index contributed by atoms with van der Waals surface area (Å²) in [5.41, 5.74) is 0.748. The van der Waals surface area contributed by atoms with Crippen LogP contribution in [0.15, 0.2) is 18.2 Å². The van der Waals surface area contributed by atoms with Gasteiger partial charge in [-0.1, -0.05) is 22.0 Å². The standard InChI is InChI=1S/C13H15BrN2O3/c1-8-10(3-2-4-12(8)16(18)19)13(17)15-7-11(14)9-5-6-9/h2-4,9,11H,5-7H2,1H3,(H,15,17). The van der Waals surface area contributed by atoms with Crippen LogP contribution in [0.4, 0.5) is 5.69 Å². The van der Waals surface area contributed by atoms with Crippen molar-refractivity contribution in [1.82, 2.24) is 5.32 Å². The minimum Gasteiger partial charge on any atom is -0.351 e. The lowest BCUT2D eigenvalue weighted by atomic mass is 10.1. The van der Waals surface area contributed by atoms with Crippen LogP contribution in [0.2, 0.25) is 0 Å². The number of rotatable bonds is 5. The Morgan fingerprint density at radius 1 is 1.58 bits per heavy atom. The van der Waals surface area contributed by atoms with Gasteiger partial charge in [-0.3, -0.25) is 14.9 Å². The second-order valence-corrected chi connectivity index (χ2v) is 5.95. The molecule has 1 amide bonds. The molecule has 1 aliphatic rings. The molecule has 2 rings (SSSR count). The minimum absolute atomic E-state index is 0.0229. The molecule has 1 aromatic carbocycles. The smallest absolute Gasteiger partial charge is 0.273 e. The summed E-state index contributed by atoms with van der Waals surface area (Å²) >= 11 is 3.54. The van der Waals surface area contributed by atoms with Crippen LogP contribution in [0.3, 0.4) is 0 Å². The fourth-order valence-corrected chi connectivity index (χ4v) is 2.67. The van der Waals surface area contributed by atoms with Crippen LogP contribution >= 0.6 is 15.9 Å². The average molecular weight is 327 g/mol. The molecule has 102 valence electrons. The molecular weight excluding hydrogens is 312 g/mol. The van der Waals surface area contributed by atoms with Gasteiger partial charge in [-0.15, -0.1) is 0 Å². The van der Waals surface area contributed by atoms with E-state index in [1.807, 2.05) is 0 Å². The van der Waals surface area contributed by atoms with Crippen LogP contribution in [-0.4, -0.2) is 22.2 Å². The van der Waals surface area contributed by atoms with Crippen molar-refractivity contribution in [1.29, 1.82) is 0 Å².